The molecule has 1 heterocycles. The molecular formula is C29H45FN4O. The quantitative estimate of drug-likeness (QED) is 0.366. The fourth-order valence-electron chi connectivity index (χ4n) is 3.63. The number of nitrogens with zero attached hydrogens (tertiary/aromatic N) is 4. The first-order valence-electron chi connectivity index (χ1n) is 12.4. The number of carbonyl (C=O) groups excluding carboxylic acids is 1. The van der Waals surface area contributed by atoms with E-state index in [4.69, 9.17) is 0 Å². The maximum Gasteiger partial charge on any atom is 0.222 e. The number of amides is 1. The number of benzene rings is 1. The molecule has 0 atom stereocenters. The highest BCUT2D eigenvalue weighted by Gasteiger charge is 2.20. The number of rotatable bonds is 7. The summed E-state index contributed by atoms with van der Waals surface area (Å²) >= 11 is 0. The highest BCUT2D eigenvalue weighted by Crippen LogP contribution is 2.17. The van der Waals surface area contributed by atoms with Gasteiger partial charge < -0.3 is 14.7 Å². The maximum absolute atomic E-state index is 13.6. The fraction of sp³-hybridized carbons (Fsp3) is 0.517. The lowest BCUT2D eigenvalue weighted by atomic mass is 10.0. The van der Waals surface area contributed by atoms with Gasteiger partial charge in [0.05, 0.1) is 5.71 Å². The number of carbonyl (C=O) groups is 1. The van der Waals surface area contributed by atoms with E-state index in [0.717, 1.165) is 49.6 Å². The number of piperazine rings is 1. The Morgan fingerprint density at radius 3 is 1.97 bits per heavy atom. The predicted molar refractivity (Wildman–Crippen MR) is 147 cm³/mol. The molecule has 0 saturated carbocycles. The summed E-state index contributed by atoms with van der Waals surface area (Å²) in [4.78, 5) is 22.1. The molecule has 194 valence electrons. The van der Waals surface area contributed by atoms with Crippen LogP contribution in [0, 0.1) is 19.7 Å². The van der Waals surface area contributed by atoms with Gasteiger partial charge in [-0.2, -0.15) is 0 Å². The number of halogens is 1. The summed E-state index contributed by atoms with van der Waals surface area (Å²) in [5.74, 6) is 0.126. The van der Waals surface area contributed by atoms with Gasteiger partial charge in [0.25, 0.3) is 0 Å². The molecule has 0 N–H and O–H groups in total. The third-order valence-corrected chi connectivity index (χ3v) is 6.34. The van der Waals surface area contributed by atoms with Crippen LogP contribution in [0.5, 0.6) is 0 Å². The first kappa shape index (κ1) is 30.1. The summed E-state index contributed by atoms with van der Waals surface area (Å²) in [7, 11) is 5.82. The molecule has 0 radical (unpaired) electrons. The summed E-state index contributed by atoms with van der Waals surface area (Å²) in [5, 5.41) is 0. The van der Waals surface area contributed by atoms with Gasteiger partial charge in [0, 0.05) is 70.7 Å². The van der Waals surface area contributed by atoms with Crippen LogP contribution in [0.1, 0.15) is 57.2 Å². The summed E-state index contributed by atoms with van der Waals surface area (Å²) < 4.78 is 13.6. The minimum absolute atomic E-state index is 0.125. The van der Waals surface area contributed by atoms with E-state index < -0.39 is 0 Å². The Kier molecular flexibility index (Phi) is 12.5. The van der Waals surface area contributed by atoms with Crippen molar-refractivity contribution in [3.8, 4) is 0 Å². The van der Waals surface area contributed by atoms with Gasteiger partial charge >= 0.3 is 0 Å². The third kappa shape index (κ3) is 9.35. The minimum atomic E-state index is -0.125. The van der Waals surface area contributed by atoms with Gasteiger partial charge in [-0.3, -0.25) is 9.79 Å². The Bertz CT molecular complexity index is 944. The predicted octanol–water partition coefficient (Wildman–Crippen LogP) is 5.74. The van der Waals surface area contributed by atoms with Crippen molar-refractivity contribution in [2.45, 2.75) is 54.4 Å². The Balaban J connectivity index is 0.000000351. The van der Waals surface area contributed by atoms with E-state index in [1.54, 1.807) is 20.9 Å². The van der Waals surface area contributed by atoms with Gasteiger partial charge in [-0.1, -0.05) is 26.0 Å². The molecule has 0 spiro atoms. The van der Waals surface area contributed by atoms with Crippen LogP contribution in [0.2, 0.25) is 0 Å². The fourth-order valence-corrected chi connectivity index (χ4v) is 3.63. The van der Waals surface area contributed by atoms with Crippen LogP contribution >= 0.6 is 0 Å². The van der Waals surface area contributed by atoms with Crippen LogP contribution in [-0.2, 0) is 4.79 Å². The van der Waals surface area contributed by atoms with Crippen molar-refractivity contribution in [3.05, 3.63) is 70.3 Å². The molecule has 0 aromatic heterocycles. The lowest BCUT2D eigenvalue weighted by Crippen LogP contribution is -2.47. The number of aryl methyl sites for hydroxylation is 2. The first-order chi connectivity index (χ1) is 16.4. The average Bonchev–Trinajstić information content (AvgIpc) is 2.85. The zero-order chi connectivity index (χ0) is 26.7. The van der Waals surface area contributed by atoms with Gasteiger partial charge in [-0.15, -0.1) is 0 Å². The normalized spacial score (nSPS) is 15.0. The van der Waals surface area contributed by atoms with Crippen LogP contribution in [0.4, 0.5) is 4.39 Å². The van der Waals surface area contributed by atoms with Crippen molar-refractivity contribution in [1.29, 1.82) is 0 Å². The zero-order valence-corrected chi connectivity index (χ0v) is 23.3. The molecule has 1 aromatic carbocycles. The molecule has 0 unspecified atom stereocenters. The van der Waals surface area contributed by atoms with E-state index >= 15 is 0 Å². The van der Waals surface area contributed by atoms with Crippen LogP contribution in [0.25, 0.3) is 0 Å². The van der Waals surface area contributed by atoms with Crippen LogP contribution in [0.15, 0.2) is 52.8 Å². The second kappa shape index (κ2) is 14.5. The molecule has 1 aromatic rings. The van der Waals surface area contributed by atoms with Crippen LogP contribution < -0.4 is 0 Å². The van der Waals surface area contributed by atoms with E-state index in [0.29, 0.717) is 17.5 Å². The van der Waals surface area contributed by atoms with Crippen LogP contribution in [0.3, 0.4) is 0 Å². The summed E-state index contributed by atoms with van der Waals surface area (Å²) in [5.41, 5.74) is 6.72. The Morgan fingerprint density at radius 1 is 1.03 bits per heavy atom. The summed E-state index contributed by atoms with van der Waals surface area (Å²) in [6, 6.07) is 3.70. The molecule has 5 nitrogen and oxygen atoms in total. The molecule has 1 aliphatic rings. The lowest BCUT2D eigenvalue weighted by molar-refractivity contribution is -0.132. The van der Waals surface area contributed by atoms with Crippen molar-refractivity contribution in [3.63, 3.8) is 0 Å². The van der Waals surface area contributed by atoms with E-state index in [2.05, 4.69) is 54.3 Å². The van der Waals surface area contributed by atoms with E-state index in [1.165, 1.54) is 11.3 Å². The summed E-state index contributed by atoms with van der Waals surface area (Å²) in [6.45, 7) is 19.2. The van der Waals surface area contributed by atoms with Crippen LogP contribution in [-0.4, -0.2) is 73.6 Å². The lowest BCUT2D eigenvalue weighted by Gasteiger charge is -2.36. The van der Waals surface area contributed by atoms with Gasteiger partial charge in [0.1, 0.15) is 5.82 Å². The largest absolute Gasteiger partial charge is 0.381 e. The monoisotopic (exact) mass is 484 g/mol. The summed E-state index contributed by atoms with van der Waals surface area (Å²) in [6.07, 6.45) is 5.75. The minimum Gasteiger partial charge on any atom is -0.381 e. The van der Waals surface area contributed by atoms with E-state index in [-0.39, 0.29) is 11.7 Å². The average molecular weight is 485 g/mol. The highest BCUT2D eigenvalue weighted by atomic mass is 19.1. The number of hydrogen-bond acceptors (Lipinski definition) is 4. The molecule has 0 bridgehead atoms. The van der Waals surface area contributed by atoms with Gasteiger partial charge in [0.15, 0.2) is 0 Å². The van der Waals surface area contributed by atoms with Crippen molar-refractivity contribution in [2.24, 2.45) is 4.99 Å². The molecule has 1 aliphatic heterocycles. The van der Waals surface area contributed by atoms with E-state index in [1.807, 2.05) is 38.1 Å². The van der Waals surface area contributed by atoms with Crippen molar-refractivity contribution < 1.29 is 9.18 Å². The topological polar surface area (TPSA) is 39.1 Å². The zero-order valence-electron chi connectivity index (χ0n) is 23.3. The standard InChI is InChI=1S/C15H20FN.C14H25N3O/c1-6-10(2)7-14(17-5)13-8-11(3)15(16)12(4)9-13;1-6-14(18)17-9-7-16(8-10-17)13(3)11-12(2)15(4)5/h7-9H,6H2,1-5H3;11H,3,6-10H2,1-2,4-5H3/b10-7+,17-14?;12-11-. The van der Waals surface area contributed by atoms with Crippen molar-refractivity contribution in [1.82, 2.24) is 14.7 Å². The van der Waals surface area contributed by atoms with Gasteiger partial charge in [-0.05, 0) is 69.5 Å². The van der Waals surface area contributed by atoms with Gasteiger partial charge in [0.2, 0.25) is 5.91 Å². The second-order valence-corrected chi connectivity index (χ2v) is 9.27. The third-order valence-electron chi connectivity index (χ3n) is 6.34. The molecule has 1 amide bonds. The molecule has 35 heavy (non-hydrogen) atoms. The Morgan fingerprint density at radius 2 is 1.54 bits per heavy atom. The number of aliphatic imine (C=N–C) groups is 1. The van der Waals surface area contributed by atoms with Gasteiger partial charge in [-0.25, -0.2) is 4.39 Å². The molecule has 0 aliphatic carbocycles. The molecular weight excluding hydrogens is 439 g/mol. The molecule has 2 rings (SSSR count). The number of allylic oxidation sites excluding steroid dienone is 4. The first-order valence-corrected chi connectivity index (χ1v) is 12.4. The second-order valence-electron chi connectivity index (χ2n) is 9.27. The number of hydrogen-bond donors (Lipinski definition) is 0. The van der Waals surface area contributed by atoms with Crippen molar-refractivity contribution >= 4 is 11.6 Å². The smallest absolute Gasteiger partial charge is 0.222 e. The van der Waals surface area contributed by atoms with E-state index in [9.17, 15) is 9.18 Å². The Labute approximate surface area is 212 Å². The molecule has 1 saturated heterocycles. The van der Waals surface area contributed by atoms with Crippen molar-refractivity contribution in [2.75, 3.05) is 47.3 Å². The Hall–Kier alpha value is -2.89. The highest BCUT2D eigenvalue weighted by molar-refractivity contribution is 6.09. The molecule has 1 fully saturated rings. The maximum atomic E-state index is 13.6. The SMILES string of the molecule is C=C(/C=C(/C)N(C)C)N1CCN(C(=O)CC)CC1.CC/C(C)=C/C(=NC)c1cc(C)c(F)c(C)c1. The molecule has 6 heteroatoms.